The van der Waals surface area contributed by atoms with Crippen LogP contribution in [0.4, 0.5) is 0 Å². The van der Waals surface area contributed by atoms with Gasteiger partial charge in [-0.15, -0.1) is 0 Å². The van der Waals surface area contributed by atoms with Crippen molar-refractivity contribution >= 4 is 11.6 Å². The van der Waals surface area contributed by atoms with Crippen molar-refractivity contribution in [2.75, 3.05) is 0 Å². The number of benzene rings is 1. The summed E-state index contributed by atoms with van der Waals surface area (Å²) in [6, 6.07) is 5.93. The summed E-state index contributed by atoms with van der Waals surface area (Å²) in [6.07, 6.45) is 4.97. The van der Waals surface area contributed by atoms with E-state index in [-0.39, 0.29) is 5.75 Å². The van der Waals surface area contributed by atoms with Crippen LogP contribution < -0.4 is 5.32 Å². The molecule has 1 atom stereocenters. The molecule has 1 aromatic rings. The predicted molar refractivity (Wildman–Crippen MR) is 73.6 cm³/mol. The fraction of sp³-hybridized carbons (Fsp3) is 0.571. The molecule has 96 valence electrons. The smallest absolute Gasteiger partial charge is 0.138 e. The zero-order valence-corrected chi connectivity index (χ0v) is 11.4. The number of nitrogens with one attached hydrogen (secondary N) is 1. The maximum Gasteiger partial charge on any atom is 0.138 e. The van der Waals surface area contributed by atoms with Crippen molar-refractivity contribution < 1.29 is 5.11 Å². The lowest BCUT2D eigenvalue weighted by Crippen LogP contribution is -2.25. The Labute approximate surface area is 109 Å². The summed E-state index contributed by atoms with van der Waals surface area (Å²) < 4.78 is 0. The number of hydrogen-bond acceptors (Lipinski definition) is 2. The van der Waals surface area contributed by atoms with E-state index in [0.29, 0.717) is 17.6 Å². The number of para-hydroxylation sites is 1. The molecular formula is C14H22ClNO. The Morgan fingerprint density at radius 3 is 2.82 bits per heavy atom. The molecule has 3 heteroatoms. The van der Waals surface area contributed by atoms with Crippen molar-refractivity contribution in [2.45, 2.75) is 52.1 Å². The van der Waals surface area contributed by atoms with Crippen LogP contribution in [0.1, 0.15) is 45.1 Å². The Bertz CT molecular complexity index is 341. The lowest BCUT2D eigenvalue weighted by molar-refractivity contribution is 0.450. The first kappa shape index (κ1) is 14.3. The van der Waals surface area contributed by atoms with E-state index in [2.05, 4.69) is 19.2 Å². The second kappa shape index (κ2) is 7.57. The fourth-order valence-corrected chi connectivity index (χ4v) is 1.98. The van der Waals surface area contributed by atoms with Gasteiger partial charge in [-0.1, -0.05) is 49.9 Å². The molecule has 0 aliphatic rings. The van der Waals surface area contributed by atoms with Gasteiger partial charge in [0.1, 0.15) is 5.75 Å². The molecule has 0 heterocycles. The van der Waals surface area contributed by atoms with Crippen LogP contribution in [0.25, 0.3) is 0 Å². The standard InChI is InChI=1S/C14H22ClNO/c1-3-4-5-7-11(2)16-10-12-8-6-9-13(15)14(12)17/h6,8-9,11,16-17H,3-5,7,10H2,1-2H3. The minimum absolute atomic E-state index is 0.197. The van der Waals surface area contributed by atoms with Crippen LogP contribution >= 0.6 is 11.6 Å². The average molecular weight is 256 g/mol. The molecule has 0 aliphatic heterocycles. The molecular weight excluding hydrogens is 234 g/mol. The molecule has 1 rings (SSSR count). The average Bonchev–Trinajstić information content (AvgIpc) is 2.31. The number of phenolic OH excluding ortho intramolecular Hbond substituents is 1. The number of phenols is 1. The molecule has 0 spiro atoms. The van der Waals surface area contributed by atoms with Crippen LogP contribution in [0.3, 0.4) is 0 Å². The Morgan fingerprint density at radius 1 is 1.35 bits per heavy atom. The number of halogens is 1. The van der Waals surface area contributed by atoms with Crippen molar-refractivity contribution in [3.63, 3.8) is 0 Å². The second-order valence-corrected chi connectivity index (χ2v) is 4.93. The van der Waals surface area contributed by atoms with Gasteiger partial charge in [-0.05, 0) is 19.4 Å². The summed E-state index contributed by atoms with van der Waals surface area (Å²) in [5.41, 5.74) is 0.861. The van der Waals surface area contributed by atoms with Crippen LogP contribution in [0.5, 0.6) is 5.75 Å². The highest BCUT2D eigenvalue weighted by molar-refractivity contribution is 6.32. The van der Waals surface area contributed by atoms with Gasteiger partial charge in [0, 0.05) is 18.2 Å². The van der Waals surface area contributed by atoms with Gasteiger partial charge in [-0.2, -0.15) is 0 Å². The minimum Gasteiger partial charge on any atom is -0.506 e. The summed E-state index contributed by atoms with van der Waals surface area (Å²) in [6.45, 7) is 5.05. The molecule has 0 radical (unpaired) electrons. The molecule has 1 unspecified atom stereocenters. The summed E-state index contributed by atoms with van der Waals surface area (Å²) >= 11 is 5.85. The van der Waals surface area contributed by atoms with Crippen LogP contribution in [-0.2, 0) is 6.54 Å². The highest BCUT2D eigenvalue weighted by atomic mass is 35.5. The number of aromatic hydroxyl groups is 1. The van der Waals surface area contributed by atoms with E-state index in [1.807, 2.05) is 12.1 Å². The zero-order valence-electron chi connectivity index (χ0n) is 10.7. The van der Waals surface area contributed by atoms with E-state index in [1.165, 1.54) is 25.7 Å². The molecule has 0 saturated heterocycles. The SMILES string of the molecule is CCCCCC(C)NCc1cccc(Cl)c1O. The van der Waals surface area contributed by atoms with Crippen molar-refractivity contribution in [1.29, 1.82) is 0 Å². The maximum absolute atomic E-state index is 9.75. The molecule has 0 aromatic heterocycles. The van der Waals surface area contributed by atoms with Gasteiger partial charge in [0.2, 0.25) is 0 Å². The predicted octanol–water partition coefficient (Wildman–Crippen LogP) is 4.10. The normalized spacial score (nSPS) is 12.6. The van der Waals surface area contributed by atoms with E-state index in [1.54, 1.807) is 6.07 Å². The Balaban J connectivity index is 2.37. The minimum atomic E-state index is 0.197. The molecule has 0 bridgehead atoms. The van der Waals surface area contributed by atoms with E-state index in [0.717, 1.165) is 5.56 Å². The van der Waals surface area contributed by atoms with Gasteiger partial charge in [0.25, 0.3) is 0 Å². The summed E-state index contributed by atoms with van der Waals surface area (Å²) in [4.78, 5) is 0. The van der Waals surface area contributed by atoms with Gasteiger partial charge in [0.15, 0.2) is 0 Å². The van der Waals surface area contributed by atoms with Crippen LogP contribution in [0.15, 0.2) is 18.2 Å². The third kappa shape index (κ3) is 4.97. The third-order valence-corrected chi connectivity index (χ3v) is 3.26. The Morgan fingerprint density at radius 2 is 2.12 bits per heavy atom. The van der Waals surface area contributed by atoms with Crippen molar-refractivity contribution in [2.24, 2.45) is 0 Å². The molecule has 17 heavy (non-hydrogen) atoms. The van der Waals surface area contributed by atoms with Gasteiger partial charge >= 0.3 is 0 Å². The first-order valence-corrected chi connectivity index (χ1v) is 6.72. The van der Waals surface area contributed by atoms with E-state index in [4.69, 9.17) is 11.6 Å². The Kier molecular flexibility index (Phi) is 6.38. The lowest BCUT2D eigenvalue weighted by Gasteiger charge is -2.14. The quantitative estimate of drug-likeness (QED) is 0.719. The summed E-state index contributed by atoms with van der Waals surface area (Å²) in [5.74, 6) is 0.197. The van der Waals surface area contributed by atoms with Gasteiger partial charge in [-0.25, -0.2) is 0 Å². The molecule has 0 fully saturated rings. The topological polar surface area (TPSA) is 32.3 Å². The largest absolute Gasteiger partial charge is 0.506 e. The highest BCUT2D eigenvalue weighted by Crippen LogP contribution is 2.26. The second-order valence-electron chi connectivity index (χ2n) is 4.53. The van der Waals surface area contributed by atoms with Gasteiger partial charge < -0.3 is 10.4 Å². The number of unbranched alkanes of at least 4 members (excludes halogenated alkanes) is 2. The lowest BCUT2D eigenvalue weighted by atomic mass is 10.1. The van der Waals surface area contributed by atoms with Crippen LogP contribution in [0, 0.1) is 0 Å². The third-order valence-electron chi connectivity index (χ3n) is 2.95. The van der Waals surface area contributed by atoms with E-state index in [9.17, 15) is 5.11 Å². The van der Waals surface area contributed by atoms with Gasteiger partial charge in [-0.3, -0.25) is 0 Å². The molecule has 1 aromatic carbocycles. The van der Waals surface area contributed by atoms with E-state index < -0.39 is 0 Å². The van der Waals surface area contributed by atoms with Crippen LogP contribution in [-0.4, -0.2) is 11.1 Å². The van der Waals surface area contributed by atoms with Crippen LogP contribution in [0.2, 0.25) is 5.02 Å². The molecule has 0 aliphatic carbocycles. The number of hydrogen-bond donors (Lipinski definition) is 2. The number of rotatable bonds is 7. The Hall–Kier alpha value is -0.730. The van der Waals surface area contributed by atoms with E-state index >= 15 is 0 Å². The van der Waals surface area contributed by atoms with Crippen molar-refractivity contribution in [3.05, 3.63) is 28.8 Å². The van der Waals surface area contributed by atoms with Crippen molar-refractivity contribution in [1.82, 2.24) is 5.32 Å². The summed E-state index contributed by atoms with van der Waals surface area (Å²) in [5, 5.41) is 13.6. The van der Waals surface area contributed by atoms with Gasteiger partial charge in [0.05, 0.1) is 5.02 Å². The van der Waals surface area contributed by atoms with Crippen molar-refractivity contribution in [3.8, 4) is 5.75 Å². The molecule has 2 nitrogen and oxygen atoms in total. The molecule has 0 saturated carbocycles. The fourth-order valence-electron chi connectivity index (χ4n) is 1.79. The molecule has 0 amide bonds. The zero-order chi connectivity index (χ0) is 12.7. The summed E-state index contributed by atoms with van der Waals surface area (Å²) in [7, 11) is 0. The monoisotopic (exact) mass is 255 g/mol. The first-order valence-electron chi connectivity index (χ1n) is 6.35. The highest BCUT2D eigenvalue weighted by Gasteiger charge is 2.06. The maximum atomic E-state index is 9.75. The molecule has 2 N–H and O–H groups in total. The first-order chi connectivity index (χ1) is 8.15.